The van der Waals surface area contributed by atoms with Gasteiger partial charge < -0.3 is 24.4 Å². The molecule has 0 amide bonds. The Balaban J connectivity index is 1.16. The minimum Gasteiger partial charge on any atom is -0.493 e. The van der Waals surface area contributed by atoms with Crippen LogP contribution in [0.5, 0.6) is 5.75 Å². The van der Waals surface area contributed by atoms with Crippen molar-refractivity contribution >= 4 is 11.4 Å². The summed E-state index contributed by atoms with van der Waals surface area (Å²) in [5.74, 6) is 1.42. The monoisotopic (exact) mass is 507 g/mol. The first-order chi connectivity index (χ1) is 18.0. The quantitative estimate of drug-likeness (QED) is 0.476. The molecule has 9 heteroatoms. The van der Waals surface area contributed by atoms with E-state index in [1.165, 1.54) is 21.3 Å². The summed E-state index contributed by atoms with van der Waals surface area (Å²) >= 11 is 0. The van der Waals surface area contributed by atoms with Gasteiger partial charge >= 0.3 is 5.69 Å². The second-order valence-corrected chi connectivity index (χ2v) is 9.97. The van der Waals surface area contributed by atoms with E-state index in [1.54, 1.807) is 6.92 Å². The molecule has 2 fully saturated rings. The van der Waals surface area contributed by atoms with E-state index in [9.17, 15) is 9.90 Å². The lowest BCUT2D eigenvalue weighted by molar-refractivity contribution is 0.118. The minimum absolute atomic E-state index is 0.238. The summed E-state index contributed by atoms with van der Waals surface area (Å²) in [6.45, 7) is 9.70. The molecular formula is C28H37N5O4. The standard InChI is InChI=1S/C28H37N5O4/c1-3-27(21(2)34)33-28(35)32(20-29-33)25-6-4-23(5-7-25)30-13-15-31(16-14-30)24-8-10-26(11-9-24)37-19-22-12-17-36-18-22/h4-11,20-22,27,34H,3,12-19H2,1-2H3/t21-,22+,27-/m0/s1. The fourth-order valence-electron chi connectivity index (χ4n) is 5.17. The lowest BCUT2D eigenvalue weighted by atomic mass is 10.1. The van der Waals surface area contributed by atoms with Gasteiger partial charge in [-0.05, 0) is 68.3 Å². The number of aliphatic hydroxyl groups is 1. The third-order valence-corrected chi connectivity index (χ3v) is 7.47. The highest BCUT2D eigenvalue weighted by Gasteiger charge is 2.21. The van der Waals surface area contributed by atoms with E-state index < -0.39 is 6.10 Å². The first-order valence-corrected chi connectivity index (χ1v) is 13.3. The van der Waals surface area contributed by atoms with E-state index in [-0.39, 0.29) is 11.7 Å². The summed E-state index contributed by atoms with van der Waals surface area (Å²) in [4.78, 5) is 17.6. The summed E-state index contributed by atoms with van der Waals surface area (Å²) in [5, 5.41) is 14.2. The molecular weight excluding hydrogens is 470 g/mol. The smallest absolute Gasteiger partial charge is 0.350 e. The highest BCUT2D eigenvalue weighted by atomic mass is 16.5. The highest BCUT2D eigenvalue weighted by molar-refractivity contribution is 5.54. The maximum Gasteiger partial charge on any atom is 0.350 e. The van der Waals surface area contributed by atoms with Crippen LogP contribution < -0.4 is 20.2 Å². The molecule has 5 rings (SSSR count). The predicted molar refractivity (Wildman–Crippen MR) is 144 cm³/mol. The molecule has 0 saturated carbocycles. The van der Waals surface area contributed by atoms with E-state index in [0.717, 1.165) is 69.5 Å². The number of nitrogens with zero attached hydrogens (tertiary/aromatic N) is 5. The molecule has 3 aromatic rings. The van der Waals surface area contributed by atoms with Crippen molar-refractivity contribution in [2.45, 2.75) is 38.8 Å². The molecule has 198 valence electrons. The summed E-state index contributed by atoms with van der Waals surface area (Å²) in [6.07, 6.45) is 2.60. The zero-order chi connectivity index (χ0) is 25.8. The average molecular weight is 508 g/mol. The summed E-state index contributed by atoms with van der Waals surface area (Å²) in [6, 6.07) is 16.1. The van der Waals surface area contributed by atoms with Gasteiger partial charge in [-0.15, -0.1) is 0 Å². The lowest BCUT2D eigenvalue weighted by Crippen LogP contribution is -2.46. The Kier molecular flexibility index (Phi) is 7.81. The maximum atomic E-state index is 12.9. The molecule has 0 radical (unpaired) electrons. The van der Waals surface area contributed by atoms with E-state index in [1.807, 2.05) is 19.1 Å². The number of aromatic nitrogens is 3. The molecule has 9 nitrogen and oxygen atoms in total. The molecule has 0 bridgehead atoms. The Hall–Kier alpha value is -3.30. The number of rotatable bonds is 9. The van der Waals surface area contributed by atoms with Gasteiger partial charge in [-0.25, -0.2) is 14.0 Å². The van der Waals surface area contributed by atoms with Crippen molar-refractivity contribution in [1.29, 1.82) is 0 Å². The normalized spacial score (nSPS) is 19.7. The van der Waals surface area contributed by atoms with Crippen molar-refractivity contribution in [2.24, 2.45) is 5.92 Å². The van der Waals surface area contributed by atoms with Crippen molar-refractivity contribution < 1.29 is 14.6 Å². The van der Waals surface area contributed by atoms with Crippen LogP contribution in [-0.4, -0.2) is 71.6 Å². The predicted octanol–water partition coefficient (Wildman–Crippen LogP) is 3.11. The Morgan fingerprint density at radius 3 is 2.14 bits per heavy atom. The molecule has 1 aromatic heterocycles. The van der Waals surface area contributed by atoms with Crippen LogP contribution in [0.25, 0.3) is 5.69 Å². The molecule has 1 N–H and O–H groups in total. The second-order valence-electron chi connectivity index (χ2n) is 9.97. The Morgan fingerprint density at radius 2 is 1.59 bits per heavy atom. The summed E-state index contributed by atoms with van der Waals surface area (Å²) in [5.41, 5.74) is 2.88. The van der Waals surface area contributed by atoms with Gasteiger partial charge in [0.25, 0.3) is 0 Å². The number of hydrogen-bond donors (Lipinski definition) is 1. The van der Waals surface area contributed by atoms with Crippen LogP contribution in [0.15, 0.2) is 59.7 Å². The highest BCUT2D eigenvalue weighted by Crippen LogP contribution is 2.24. The molecule has 0 unspecified atom stereocenters. The first kappa shape index (κ1) is 25.4. The van der Waals surface area contributed by atoms with Gasteiger partial charge in [0.15, 0.2) is 0 Å². The van der Waals surface area contributed by atoms with Gasteiger partial charge in [0.1, 0.15) is 12.1 Å². The van der Waals surface area contributed by atoms with Crippen LogP contribution in [0.4, 0.5) is 11.4 Å². The molecule has 0 spiro atoms. The van der Waals surface area contributed by atoms with E-state index in [0.29, 0.717) is 12.3 Å². The van der Waals surface area contributed by atoms with E-state index in [4.69, 9.17) is 9.47 Å². The van der Waals surface area contributed by atoms with Crippen molar-refractivity contribution in [2.75, 3.05) is 55.8 Å². The third-order valence-electron chi connectivity index (χ3n) is 7.47. The van der Waals surface area contributed by atoms with Crippen LogP contribution in [0.2, 0.25) is 0 Å². The topological polar surface area (TPSA) is 85.0 Å². The number of ether oxygens (including phenoxy) is 2. The zero-order valence-electron chi connectivity index (χ0n) is 21.7. The van der Waals surface area contributed by atoms with Crippen LogP contribution >= 0.6 is 0 Å². The van der Waals surface area contributed by atoms with Gasteiger partial charge in [-0.3, -0.25) is 0 Å². The molecule has 3 heterocycles. The van der Waals surface area contributed by atoms with E-state index in [2.05, 4.69) is 51.3 Å². The average Bonchev–Trinajstić information content (AvgIpc) is 3.59. The number of anilines is 2. The molecule has 2 saturated heterocycles. The Morgan fingerprint density at radius 1 is 1.00 bits per heavy atom. The number of benzene rings is 2. The largest absolute Gasteiger partial charge is 0.493 e. The van der Waals surface area contributed by atoms with Crippen LogP contribution in [-0.2, 0) is 4.74 Å². The van der Waals surface area contributed by atoms with Crippen LogP contribution in [0.1, 0.15) is 32.7 Å². The van der Waals surface area contributed by atoms with Gasteiger partial charge in [0.2, 0.25) is 0 Å². The van der Waals surface area contributed by atoms with Crippen molar-refractivity contribution in [3.05, 3.63) is 65.3 Å². The van der Waals surface area contributed by atoms with Gasteiger partial charge in [-0.2, -0.15) is 5.10 Å². The molecule has 37 heavy (non-hydrogen) atoms. The van der Waals surface area contributed by atoms with Gasteiger partial charge in [-0.1, -0.05) is 6.92 Å². The number of aliphatic hydroxyl groups excluding tert-OH is 1. The zero-order valence-corrected chi connectivity index (χ0v) is 21.7. The molecule has 0 aliphatic carbocycles. The second kappa shape index (κ2) is 11.4. The summed E-state index contributed by atoms with van der Waals surface area (Å²) < 4.78 is 14.3. The van der Waals surface area contributed by atoms with E-state index >= 15 is 0 Å². The molecule has 3 atom stereocenters. The maximum absolute atomic E-state index is 12.9. The van der Waals surface area contributed by atoms with Crippen LogP contribution in [0.3, 0.4) is 0 Å². The number of piperazine rings is 1. The molecule has 2 aliphatic rings. The fraction of sp³-hybridized carbons (Fsp3) is 0.500. The van der Waals surface area contributed by atoms with Crippen LogP contribution in [0, 0.1) is 5.92 Å². The Bertz CT molecular complexity index is 1190. The van der Waals surface area contributed by atoms with Gasteiger partial charge in [0.05, 0.1) is 31.0 Å². The minimum atomic E-state index is -0.643. The first-order valence-electron chi connectivity index (χ1n) is 13.3. The number of hydrogen-bond acceptors (Lipinski definition) is 7. The Labute approximate surface area is 217 Å². The summed E-state index contributed by atoms with van der Waals surface area (Å²) in [7, 11) is 0. The fourth-order valence-corrected chi connectivity index (χ4v) is 5.17. The molecule has 2 aromatic carbocycles. The lowest BCUT2D eigenvalue weighted by Gasteiger charge is -2.37. The SMILES string of the molecule is CC[C@@H]([C@H](C)O)n1ncn(-c2ccc(N3CCN(c4ccc(OC[C@@H]5CCOC5)cc4)CC3)cc2)c1=O. The molecule has 2 aliphatic heterocycles. The van der Waals surface area contributed by atoms with Crippen molar-refractivity contribution in [3.8, 4) is 11.4 Å². The van der Waals surface area contributed by atoms with Crippen molar-refractivity contribution in [3.63, 3.8) is 0 Å². The van der Waals surface area contributed by atoms with Gasteiger partial charge in [0, 0.05) is 50.1 Å². The van der Waals surface area contributed by atoms with Crippen molar-refractivity contribution in [1.82, 2.24) is 14.3 Å². The third kappa shape index (κ3) is 5.67.